The van der Waals surface area contributed by atoms with Crippen LogP contribution in [0, 0.1) is 13.8 Å². The van der Waals surface area contributed by atoms with E-state index in [0.717, 1.165) is 11.1 Å². The fourth-order valence-electron chi connectivity index (χ4n) is 3.15. The Bertz CT molecular complexity index is 1250. The van der Waals surface area contributed by atoms with Gasteiger partial charge in [-0.3, -0.25) is 9.48 Å². The number of nitrogens with zero attached hydrogens (tertiary/aromatic N) is 3. The van der Waals surface area contributed by atoms with Gasteiger partial charge in [0.05, 0.1) is 12.1 Å². The summed E-state index contributed by atoms with van der Waals surface area (Å²) in [4.78, 5) is 12.9. The molecule has 2 heterocycles. The maximum atomic E-state index is 12.9. The van der Waals surface area contributed by atoms with Crippen LogP contribution < -0.4 is 10.1 Å². The molecule has 0 aliphatic carbocycles. The molecule has 1 amide bonds. The van der Waals surface area contributed by atoms with E-state index >= 15 is 0 Å². The Labute approximate surface area is 194 Å². The van der Waals surface area contributed by atoms with Crippen LogP contribution >= 0.6 is 23.2 Å². The molecule has 0 unspecified atom stereocenters. The van der Waals surface area contributed by atoms with Crippen molar-refractivity contribution in [1.82, 2.24) is 14.9 Å². The molecule has 2 aromatic carbocycles. The average molecular weight is 471 g/mol. The summed E-state index contributed by atoms with van der Waals surface area (Å²) in [5.74, 6) is 0.855. The van der Waals surface area contributed by atoms with Crippen molar-refractivity contribution in [1.29, 1.82) is 0 Å². The summed E-state index contributed by atoms with van der Waals surface area (Å²) in [7, 11) is 0. The van der Waals surface area contributed by atoms with E-state index in [1.165, 1.54) is 0 Å². The molecule has 7 nitrogen and oxygen atoms in total. The van der Waals surface area contributed by atoms with E-state index in [0.29, 0.717) is 33.7 Å². The molecule has 0 aliphatic heterocycles. The maximum Gasteiger partial charge on any atom is 0.279 e. The number of carbonyl (C=O) groups is 1. The van der Waals surface area contributed by atoms with Crippen molar-refractivity contribution >= 4 is 34.9 Å². The number of nitrogens with one attached hydrogen (secondary N) is 1. The molecule has 32 heavy (non-hydrogen) atoms. The van der Waals surface area contributed by atoms with Crippen molar-refractivity contribution in [3.8, 4) is 5.75 Å². The highest BCUT2D eigenvalue weighted by atomic mass is 35.5. The first-order valence-corrected chi connectivity index (χ1v) is 10.6. The van der Waals surface area contributed by atoms with E-state index in [4.69, 9.17) is 32.5 Å². The van der Waals surface area contributed by atoms with Crippen molar-refractivity contribution in [2.75, 3.05) is 5.32 Å². The maximum absolute atomic E-state index is 12.9. The van der Waals surface area contributed by atoms with Crippen molar-refractivity contribution in [3.63, 3.8) is 0 Å². The Morgan fingerprint density at radius 2 is 1.94 bits per heavy atom. The largest absolute Gasteiger partial charge is 0.489 e. The summed E-state index contributed by atoms with van der Waals surface area (Å²) in [5.41, 5.74) is 2.88. The van der Waals surface area contributed by atoms with Gasteiger partial charge in [0.15, 0.2) is 11.5 Å². The zero-order valence-electron chi connectivity index (χ0n) is 17.4. The Morgan fingerprint density at radius 1 is 1.16 bits per heavy atom. The lowest BCUT2D eigenvalue weighted by atomic mass is 10.1. The topological polar surface area (TPSA) is 82.2 Å². The minimum atomic E-state index is -0.487. The number of carbonyl (C=O) groups excluding carboxylic acids is 1. The second kappa shape index (κ2) is 9.46. The molecular formula is C23H20Cl2N4O3. The van der Waals surface area contributed by atoms with Gasteiger partial charge in [-0.15, -0.1) is 0 Å². The highest BCUT2D eigenvalue weighted by molar-refractivity contribution is 6.33. The van der Waals surface area contributed by atoms with Crippen LogP contribution in [0.3, 0.4) is 0 Å². The first kappa shape index (κ1) is 21.9. The van der Waals surface area contributed by atoms with E-state index in [9.17, 15) is 4.79 Å². The smallest absolute Gasteiger partial charge is 0.279 e. The molecule has 0 aliphatic rings. The van der Waals surface area contributed by atoms with Crippen LogP contribution in [0.1, 0.15) is 32.9 Å². The predicted molar refractivity (Wildman–Crippen MR) is 122 cm³/mol. The van der Waals surface area contributed by atoms with Crippen molar-refractivity contribution in [2.45, 2.75) is 27.0 Å². The number of hydrogen-bond donors (Lipinski definition) is 1. The lowest BCUT2D eigenvalue weighted by Gasteiger charge is -2.07. The molecule has 0 fully saturated rings. The third-order valence-corrected chi connectivity index (χ3v) is 5.30. The first-order valence-electron chi connectivity index (χ1n) is 9.82. The van der Waals surface area contributed by atoms with Gasteiger partial charge in [-0.05, 0) is 43.7 Å². The first-order chi connectivity index (χ1) is 15.4. The molecule has 2 aromatic heterocycles. The summed E-state index contributed by atoms with van der Waals surface area (Å²) in [5, 5.41) is 11.9. The highest BCUT2D eigenvalue weighted by Gasteiger charge is 2.22. The third kappa shape index (κ3) is 5.12. The van der Waals surface area contributed by atoms with Gasteiger partial charge in [0.2, 0.25) is 0 Å². The van der Waals surface area contributed by atoms with E-state index < -0.39 is 5.91 Å². The van der Waals surface area contributed by atoms with Crippen molar-refractivity contribution in [2.24, 2.45) is 0 Å². The van der Waals surface area contributed by atoms with Crippen LogP contribution in [0.15, 0.2) is 59.3 Å². The molecular weight excluding hydrogens is 451 g/mol. The molecule has 4 aromatic rings. The minimum absolute atomic E-state index is 0.106. The Kier molecular flexibility index (Phi) is 6.48. The van der Waals surface area contributed by atoms with Crippen LogP contribution in [-0.4, -0.2) is 20.8 Å². The van der Waals surface area contributed by atoms with Crippen LogP contribution in [0.25, 0.3) is 0 Å². The molecule has 0 atom stereocenters. The number of ether oxygens (including phenoxy) is 1. The van der Waals surface area contributed by atoms with Gasteiger partial charge in [0, 0.05) is 11.2 Å². The lowest BCUT2D eigenvalue weighted by molar-refractivity contribution is 0.101. The summed E-state index contributed by atoms with van der Waals surface area (Å²) >= 11 is 12.2. The molecule has 0 saturated heterocycles. The quantitative estimate of drug-likeness (QED) is 0.375. The van der Waals surface area contributed by atoms with Gasteiger partial charge in [-0.1, -0.05) is 58.2 Å². The second-order valence-corrected chi connectivity index (χ2v) is 8.12. The van der Waals surface area contributed by atoms with Crippen molar-refractivity contribution in [3.05, 3.63) is 92.9 Å². The van der Waals surface area contributed by atoms with Crippen molar-refractivity contribution < 1.29 is 14.1 Å². The molecule has 164 valence electrons. The molecule has 0 spiro atoms. The average Bonchev–Trinajstić information content (AvgIpc) is 3.29. The van der Waals surface area contributed by atoms with Gasteiger partial charge >= 0.3 is 0 Å². The number of amides is 1. The highest BCUT2D eigenvalue weighted by Crippen LogP contribution is 2.23. The number of aryl methyl sites for hydroxylation is 2. The van der Waals surface area contributed by atoms with Crippen LogP contribution in [0.5, 0.6) is 5.75 Å². The predicted octanol–water partition coefficient (Wildman–Crippen LogP) is 5.67. The molecule has 0 radical (unpaired) electrons. The number of rotatable bonds is 7. The van der Waals surface area contributed by atoms with Gasteiger partial charge in [-0.25, -0.2) is 0 Å². The van der Waals surface area contributed by atoms with E-state index in [1.807, 2.05) is 25.1 Å². The number of anilines is 1. The summed E-state index contributed by atoms with van der Waals surface area (Å²) in [6, 6.07) is 15.0. The number of hydrogen-bond acceptors (Lipinski definition) is 5. The van der Waals surface area contributed by atoms with Gasteiger partial charge in [-0.2, -0.15) is 5.10 Å². The normalized spacial score (nSPS) is 10.9. The Hall–Kier alpha value is -3.29. The molecule has 1 N–H and O–H groups in total. The summed E-state index contributed by atoms with van der Waals surface area (Å²) in [6.45, 7) is 4.38. The van der Waals surface area contributed by atoms with E-state index in [-0.39, 0.29) is 18.1 Å². The van der Waals surface area contributed by atoms with Crippen LogP contribution in [0.2, 0.25) is 10.0 Å². The van der Waals surface area contributed by atoms with E-state index in [2.05, 4.69) is 21.6 Å². The lowest BCUT2D eigenvalue weighted by Crippen LogP contribution is -2.16. The van der Waals surface area contributed by atoms with Gasteiger partial charge in [0.1, 0.15) is 23.1 Å². The van der Waals surface area contributed by atoms with Gasteiger partial charge < -0.3 is 14.6 Å². The molecule has 0 saturated carbocycles. The monoisotopic (exact) mass is 470 g/mol. The summed E-state index contributed by atoms with van der Waals surface area (Å²) in [6.07, 6.45) is 1.66. The standard InChI is InChI=1S/C23H20Cl2N4O3/c1-14-4-3-5-16(10-14)11-29-12-20(25)22(27-29)26-23(30)21-19(15(2)32-28-21)13-31-18-8-6-17(24)7-9-18/h3-10,12H,11,13H2,1-2H3,(H,26,27,30). The zero-order valence-corrected chi connectivity index (χ0v) is 18.9. The van der Waals surface area contributed by atoms with Crippen LogP contribution in [0.4, 0.5) is 5.82 Å². The fraction of sp³-hybridized carbons (Fsp3) is 0.174. The van der Waals surface area contributed by atoms with Gasteiger partial charge in [0.25, 0.3) is 5.91 Å². The zero-order chi connectivity index (χ0) is 22.7. The molecule has 0 bridgehead atoms. The third-order valence-electron chi connectivity index (χ3n) is 4.77. The Morgan fingerprint density at radius 3 is 2.69 bits per heavy atom. The minimum Gasteiger partial charge on any atom is -0.489 e. The number of aromatic nitrogens is 3. The van der Waals surface area contributed by atoms with Crippen LogP contribution in [-0.2, 0) is 13.2 Å². The Balaban J connectivity index is 1.46. The SMILES string of the molecule is Cc1cccc(Cn2cc(Cl)c(NC(=O)c3noc(C)c3COc3ccc(Cl)cc3)n2)c1. The number of halogens is 2. The molecule has 4 rings (SSSR count). The number of benzene rings is 2. The summed E-state index contributed by atoms with van der Waals surface area (Å²) < 4.78 is 12.6. The fourth-order valence-corrected chi connectivity index (χ4v) is 3.48. The van der Waals surface area contributed by atoms with E-state index in [1.54, 1.807) is 42.1 Å². The molecule has 9 heteroatoms. The second-order valence-electron chi connectivity index (χ2n) is 7.27.